The quantitative estimate of drug-likeness (QED) is 0.231. The normalized spacial score (nSPS) is 15.6. The molecule has 7 rings (SSSR count). The second-order valence-corrected chi connectivity index (χ2v) is 10.8. The van der Waals surface area contributed by atoms with Gasteiger partial charge in [-0.15, -0.1) is 0 Å². The summed E-state index contributed by atoms with van der Waals surface area (Å²) in [5.41, 5.74) is 12.7. The summed E-state index contributed by atoms with van der Waals surface area (Å²) in [5.74, 6) is 0. The van der Waals surface area contributed by atoms with Gasteiger partial charge in [0.25, 0.3) is 0 Å². The number of allylic oxidation sites excluding steroid dienone is 1. The number of benzene rings is 5. The van der Waals surface area contributed by atoms with E-state index in [0.717, 1.165) is 33.3 Å². The lowest BCUT2D eigenvalue weighted by molar-refractivity contribution is 0.657. The molecule has 3 heteroatoms. The first kappa shape index (κ1) is 24.3. The third kappa shape index (κ3) is 3.65. The smallest absolute Gasteiger partial charge is 0.159 e. The zero-order chi connectivity index (χ0) is 27.4. The topological polar surface area (TPSA) is 19.6 Å². The fourth-order valence-corrected chi connectivity index (χ4v) is 6.47. The average molecular weight is 521 g/mol. The monoisotopic (exact) mass is 520 g/mol. The standard InChI is InChI=1S/C37H32N2O/c1-24-14-13-15-25(2)33(24)37-38(34-26(3)22-23-31-30-20-11-12-21-32(30)40-36(31)34)27(4)35(28-16-7-5-8-17-28)39(37)29-18-9-6-10-19-29/h5-23,37H,1-4H3. The van der Waals surface area contributed by atoms with Crippen LogP contribution in [0.1, 0.15) is 40.9 Å². The van der Waals surface area contributed by atoms with E-state index in [4.69, 9.17) is 4.42 Å². The highest BCUT2D eigenvalue weighted by Crippen LogP contribution is 2.52. The van der Waals surface area contributed by atoms with E-state index >= 15 is 0 Å². The molecule has 1 aliphatic heterocycles. The molecule has 0 amide bonds. The van der Waals surface area contributed by atoms with E-state index < -0.39 is 0 Å². The Bertz CT molecular complexity index is 1880. The van der Waals surface area contributed by atoms with Gasteiger partial charge < -0.3 is 14.2 Å². The van der Waals surface area contributed by atoms with Crippen molar-refractivity contribution in [1.82, 2.24) is 0 Å². The van der Waals surface area contributed by atoms with Gasteiger partial charge in [-0.05, 0) is 68.1 Å². The molecule has 0 bridgehead atoms. The number of furan rings is 1. The number of nitrogens with zero attached hydrogens (tertiary/aromatic N) is 2. The van der Waals surface area contributed by atoms with Crippen molar-refractivity contribution in [3.63, 3.8) is 0 Å². The maximum Gasteiger partial charge on any atom is 0.159 e. The fraction of sp³-hybridized carbons (Fsp3) is 0.135. The average Bonchev–Trinajstić information content (AvgIpc) is 3.49. The zero-order valence-corrected chi connectivity index (χ0v) is 23.3. The van der Waals surface area contributed by atoms with Crippen LogP contribution >= 0.6 is 0 Å². The molecule has 0 radical (unpaired) electrons. The SMILES string of the molecule is CC1=C(c2ccccc2)N(c2ccccc2)C(c2c(C)cccc2C)N1c1c(C)ccc2c1oc1ccccc12. The van der Waals surface area contributed by atoms with Crippen molar-refractivity contribution in [2.24, 2.45) is 0 Å². The number of para-hydroxylation sites is 2. The molecule has 1 unspecified atom stereocenters. The van der Waals surface area contributed by atoms with Crippen LogP contribution in [0.15, 0.2) is 125 Å². The Labute approximate surface area is 235 Å². The van der Waals surface area contributed by atoms with Crippen molar-refractivity contribution < 1.29 is 4.42 Å². The molecule has 5 aromatic carbocycles. The summed E-state index contributed by atoms with van der Waals surface area (Å²) >= 11 is 0. The molecule has 1 atom stereocenters. The van der Waals surface area contributed by atoms with Crippen LogP contribution in [0.3, 0.4) is 0 Å². The highest BCUT2D eigenvalue weighted by Gasteiger charge is 2.42. The Morgan fingerprint density at radius 2 is 1.20 bits per heavy atom. The first-order valence-electron chi connectivity index (χ1n) is 13.9. The maximum absolute atomic E-state index is 6.67. The Kier molecular flexibility index (Phi) is 5.74. The predicted molar refractivity (Wildman–Crippen MR) is 168 cm³/mol. The number of anilines is 2. The molecule has 40 heavy (non-hydrogen) atoms. The molecule has 1 aromatic heterocycles. The van der Waals surface area contributed by atoms with Crippen molar-refractivity contribution in [1.29, 1.82) is 0 Å². The molecule has 0 saturated heterocycles. The summed E-state index contributed by atoms with van der Waals surface area (Å²) < 4.78 is 6.67. The van der Waals surface area contributed by atoms with Crippen LogP contribution in [-0.2, 0) is 0 Å². The lowest BCUT2D eigenvalue weighted by Gasteiger charge is -2.37. The second kappa shape index (κ2) is 9.46. The summed E-state index contributed by atoms with van der Waals surface area (Å²) in [6.45, 7) is 8.92. The first-order valence-corrected chi connectivity index (χ1v) is 13.9. The summed E-state index contributed by atoms with van der Waals surface area (Å²) in [6.07, 6.45) is -0.101. The molecule has 0 N–H and O–H groups in total. The van der Waals surface area contributed by atoms with E-state index in [2.05, 4.69) is 147 Å². The summed E-state index contributed by atoms with van der Waals surface area (Å²) in [6, 6.07) is 41.0. The van der Waals surface area contributed by atoms with Crippen LogP contribution < -0.4 is 9.80 Å². The van der Waals surface area contributed by atoms with Crippen molar-refractivity contribution in [3.05, 3.63) is 149 Å². The van der Waals surface area contributed by atoms with Crippen LogP contribution in [0, 0.1) is 20.8 Å². The lowest BCUT2D eigenvalue weighted by atomic mass is 9.97. The Hall–Kier alpha value is -4.76. The van der Waals surface area contributed by atoms with Crippen molar-refractivity contribution in [3.8, 4) is 0 Å². The van der Waals surface area contributed by atoms with Gasteiger partial charge in [-0.3, -0.25) is 0 Å². The van der Waals surface area contributed by atoms with E-state index in [9.17, 15) is 0 Å². The first-order chi connectivity index (χ1) is 19.5. The minimum absolute atomic E-state index is 0.101. The van der Waals surface area contributed by atoms with Gasteiger partial charge in [-0.1, -0.05) is 97.1 Å². The van der Waals surface area contributed by atoms with Gasteiger partial charge in [0.2, 0.25) is 0 Å². The van der Waals surface area contributed by atoms with Gasteiger partial charge in [-0.2, -0.15) is 0 Å². The zero-order valence-electron chi connectivity index (χ0n) is 23.3. The third-order valence-corrected chi connectivity index (χ3v) is 8.28. The Morgan fingerprint density at radius 1 is 0.550 bits per heavy atom. The van der Waals surface area contributed by atoms with Crippen LogP contribution in [0.25, 0.3) is 27.6 Å². The van der Waals surface area contributed by atoms with Gasteiger partial charge in [0, 0.05) is 27.7 Å². The van der Waals surface area contributed by atoms with Gasteiger partial charge in [0.1, 0.15) is 11.7 Å². The molecule has 0 aliphatic carbocycles. The molecule has 2 heterocycles. The van der Waals surface area contributed by atoms with Gasteiger partial charge in [0.05, 0.1) is 11.4 Å². The molecule has 3 nitrogen and oxygen atoms in total. The molecule has 0 spiro atoms. The summed E-state index contributed by atoms with van der Waals surface area (Å²) in [4.78, 5) is 5.03. The highest BCUT2D eigenvalue weighted by atomic mass is 16.3. The maximum atomic E-state index is 6.67. The van der Waals surface area contributed by atoms with Gasteiger partial charge in [0.15, 0.2) is 5.58 Å². The van der Waals surface area contributed by atoms with Gasteiger partial charge in [-0.25, -0.2) is 0 Å². The minimum Gasteiger partial charge on any atom is -0.454 e. The van der Waals surface area contributed by atoms with Crippen LogP contribution in [0.2, 0.25) is 0 Å². The van der Waals surface area contributed by atoms with E-state index in [1.54, 1.807) is 0 Å². The Morgan fingerprint density at radius 3 is 1.93 bits per heavy atom. The van der Waals surface area contributed by atoms with Crippen molar-refractivity contribution >= 4 is 39.0 Å². The van der Waals surface area contributed by atoms with E-state index in [1.165, 1.54) is 39.2 Å². The van der Waals surface area contributed by atoms with Crippen LogP contribution in [0.4, 0.5) is 11.4 Å². The number of hydrogen-bond donors (Lipinski definition) is 0. The molecule has 6 aromatic rings. The largest absolute Gasteiger partial charge is 0.454 e. The van der Waals surface area contributed by atoms with E-state index in [1.807, 2.05) is 6.07 Å². The summed E-state index contributed by atoms with van der Waals surface area (Å²) in [5, 5.41) is 2.29. The molecule has 196 valence electrons. The Balaban J connectivity index is 1.60. The summed E-state index contributed by atoms with van der Waals surface area (Å²) in [7, 11) is 0. The van der Waals surface area contributed by atoms with Crippen LogP contribution in [-0.4, -0.2) is 0 Å². The predicted octanol–water partition coefficient (Wildman–Crippen LogP) is 9.93. The molecular weight excluding hydrogens is 488 g/mol. The second-order valence-electron chi connectivity index (χ2n) is 10.8. The highest BCUT2D eigenvalue weighted by molar-refractivity contribution is 6.10. The number of fused-ring (bicyclic) bond motifs is 3. The van der Waals surface area contributed by atoms with Crippen molar-refractivity contribution in [2.75, 3.05) is 9.80 Å². The van der Waals surface area contributed by atoms with E-state index in [0.29, 0.717) is 0 Å². The molecule has 0 saturated carbocycles. The fourth-order valence-electron chi connectivity index (χ4n) is 6.47. The lowest BCUT2D eigenvalue weighted by Crippen LogP contribution is -2.34. The van der Waals surface area contributed by atoms with Gasteiger partial charge >= 0.3 is 0 Å². The minimum atomic E-state index is -0.101. The number of rotatable bonds is 4. The van der Waals surface area contributed by atoms with Crippen LogP contribution in [0.5, 0.6) is 0 Å². The number of aryl methyl sites for hydroxylation is 3. The van der Waals surface area contributed by atoms with Crippen molar-refractivity contribution in [2.45, 2.75) is 33.9 Å². The third-order valence-electron chi connectivity index (χ3n) is 8.28. The van der Waals surface area contributed by atoms with E-state index in [-0.39, 0.29) is 6.17 Å². The number of hydrogen-bond acceptors (Lipinski definition) is 3. The molecule has 0 fully saturated rings. The molecular formula is C37H32N2O. The molecule has 1 aliphatic rings.